The molecular weight excluding hydrogens is 220 g/mol. The van der Waals surface area contributed by atoms with Crippen molar-refractivity contribution in [3.8, 4) is 0 Å². The van der Waals surface area contributed by atoms with E-state index in [0.29, 0.717) is 12.2 Å². The monoisotopic (exact) mass is 234 g/mol. The van der Waals surface area contributed by atoms with Crippen LogP contribution in [-0.2, 0) is 25.5 Å². The fraction of sp³-hybridized carbons (Fsp3) is 0.231. The van der Waals surface area contributed by atoms with Crippen LogP contribution in [0.5, 0.6) is 0 Å². The molecule has 0 aromatic heterocycles. The first-order valence-electron chi connectivity index (χ1n) is 5.16. The summed E-state index contributed by atoms with van der Waals surface area (Å²) in [6.07, 6.45) is 1.56. The van der Waals surface area contributed by atoms with Crippen molar-refractivity contribution < 1.29 is 19.1 Å². The van der Waals surface area contributed by atoms with Gasteiger partial charge in [0.05, 0.1) is 0 Å². The SMILES string of the molecule is CC(=O)O/C=C(/Cc1ccccc1)OC(C)=O. The molecule has 0 spiro atoms. The van der Waals surface area contributed by atoms with Crippen molar-refractivity contribution >= 4 is 11.9 Å². The molecule has 0 radical (unpaired) electrons. The fourth-order valence-corrected chi connectivity index (χ4v) is 1.23. The van der Waals surface area contributed by atoms with E-state index in [-0.39, 0.29) is 0 Å². The quantitative estimate of drug-likeness (QED) is 0.592. The number of carbonyl (C=O) groups is 2. The van der Waals surface area contributed by atoms with Crippen LogP contribution in [0.1, 0.15) is 19.4 Å². The summed E-state index contributed by atoms with van der Waals surface area (Å²) in [6.45, 7) is 2.58. The Kier molecular flexibility index (Phi) is 4.94. The second-order valence-corrected chi connectivity index (χ2v) is 3.45. The minimum atomic E-state index is -0.456. The summed E-state index contributed by atoms with van der Waals surface area (Å²) in [5.41, 5.74) is 0.965. The van der Waals surface area contributed by atoms with Crippen molar-refractivity contribution in [2.75, 3.05) is 0 Å². The Morgan fingerprint density at radius 1 is 1.12 bits per heavy atom. The number of ether oxygens (including phenoxy) is 2. The van der Waals surface area contributed by atoms with Crippen LogP contribution in [0.4, 0.5) is 0 Å². The van der Waals surface area contributed by atoms with Crippen molar-refractivity contribution in [2.45, 2.75) is 20.3 Å². The van der Waals surface area contributed by atoms with E-state index in [2.05, 4.69) is 0 Å². The maximum atomic E-state index is 10.9. The summed E-state index contributed by atoms with van der Waals surface area (Å²) in [4.78, 5) is 21.6. The van der Waals surface area contributed by atoms with Gasteiger partial charge in [0.15, 0.2) is 0 Å². The highest BCUT2D eigenvalue weighted by Gasteiger charge is 2.05. The van der Waals surface area contributed by atoms with Gasteiger partial charge < -0.3 is 9.47 Å². The van der Waals surface area contributed by atoms with Gasteiger partial charge in [-0.2, -0.15) is 0 Å². The molecule has 0 fully saturated rings. The Hall–Kier alpha value is -2.10. The zero-order valence-electron chi connectivity index (χ0n) is 9.80. The molecule has 0 bridgehead atoms. The van der Waals surface area contributed by atoms with Crippen LogP contribution < -0.4 is 0 Å². The van der Waals surface area contributed by atoms with Gasteiger partial charge in [-0.25, -0.2) is 0 Å². The lowest BCUT2D eigenvalue weighted by Crippen LogP contribution is -2.04. The van der Waals surface area contributed by atoms with E-state index >= 15 is 0 Å². The number of rotatable bonds is 4. The minimum absolute atomic E-state index is 0.305. The maximum absolute atomic E-state index is 10.9. The Bertz CT molecular complexity index is 420. The van der Waals surface area contributed by atoms with Gasteiger partial charge in [0.2, 0.25) is 0 Å². The number of carbonyl (C=O) groups excluding carboxylic acids is 2. The molecule has 0 heterocycles. The molecule has 4 nitrogen and oxygen atoms in total. The first-order valence-corrected chi connectivity index (χ1v) is 5.16. The third-order valence-electron chi connectivity index (χ3n) is 1.85. The van der Waals surface area contributed by atoms with Crippen LogP contribution in [0.15, 0.2) is 42.4 Å². The molecule has 1 aromatic carbocycles. The Morgan fingerprint density at radius 3 is 2.29 bits per heavy atom. The lowest BCUT2D eigenvalue weighted by atomic mass is 10.1. The highest BCUT2D eigenvalue weighted by Crippen LogP contribution is 2.09. The molecule has 0 saturated heterocycles. The Labute approximate surface area is 99.8 Å². The number of hydrogen-bond acceptors (Lipinski definition) is 4. The number of esters is 2. The molecule has 0 atom stereocenters. The topological polar surface area (TPSA) is 52.6 Å². The van der Waals surface area contributed by atoms with Gasteiger partial charge in [-0.15, -0.1) is 0 Å². The first-order chi connectivity index (χ1) is 8.08. The molecule has 0 aliphatic heterocycles. The van der Waals surface area contributed by atoms with Gasteiger partial charge >= 0.3 is 11.9 Å². The smallest absolute Gasteiger partial charge is 0.307 e. The van der Waals surface area contributed by atoms with E-state index in [4.69, 9.17) is 9.47 Å². The predicted octanol–water partition coefficient (Wildman–Crippen LogP) is 2.20. The summed E-state index contributed by atoms with van der Waals surface area (Å²) in [5.74, 6) is -0.596. The van der Waals surface area contributed by atoms with Crippen molar-refractivity contribution in [3.05, 3.63) is 47.9 Å². The van der Waals surface area contributed by atoms with Crippen LogP contribution in [0.25, 0.3) is 0 Å². The lowest BCUT2D eigenvalue weighted by molar-refractivity contribution is -0.140. The third-order valence-corrected chi connectivity index (χ3v) is 1.85. The number of allylic oxidation sites excluding steroid dienone is 1. The number of benzene rings is 1. The summed E-state index contributed by atoms with van der Waals surface area (Å²) < 4.78 is 9.65. The molecule has 0 N–H and O–H groups in total. The van der Waals surface area contributed by atoms with Gasteiger partial charge in [0, 0.05) is 20.3 Å². The minimum Gasteiger partial charge on any atom is -0.431 e. The average Bonchev–Trinajstić information content (AvgIpc) is 2.26. The Balaban J connectivity index is 2.73. The van der Waals surface area contributed by atoms with Gasteiger partial charge in [0.25, 0.3) is 0 Å². The second kappa shape index (κ2) is 6.48. The zero-order valence-corrected chi connectivity index (χ0v) is 9.80. The summed E-state index contributed by atoms with van der Waals surface area (Å²) >= 11 is 0. The van der Waals surface area contributed by atoms with E-state index in [1.165, 1.54) is 13.8 Å². The van der Waals surface area contributed by atoms with E-state index in [1.807, 2.05) is 30.3 Å². The van der Waals surface area contributed by atoms with Crippen LogP contribution in [0.3, 0.4) is 0 Å². The zero-order chi connectivity index (χ0) is 12.7. The largest absolute Gasteiger partial charge is 0.431 e. The molecule has 0 amide bonds. The summed E-state index contributed by atoms with van der Waals surface area (Å²) in [7, 11) is 0. The average molecular weight is 234 g/mol. The van der Waals surface area contributed by atoms with Crippen LogP contribution in [-0.4, -0.2) is 11.9 Å². The standard InChI is InChI=1S/C13H14O4/c1-10(14)16-9-13(17-11(2)15)8-12-6-4-3-5-7-12/h3-7,9H,8H2,1-2H3/b13-9-. The van der Waals surface area contributed by atoms with Crippen molar-refractivity contribution in [2.24, 2.45) is 0 Å². The van der Waals surface area contributed by atoms with Crippen molar-refractivity contribution in [1.29, 1.82) is 0 Å². The molecule has 0 saturated carbocycles. The van der Waals surface area contributed by atoms with Gasteiger partial charge in [-0.05, 0) is 5.56 Å². The van der Waals surface area contributed by atoms with E-state index < -0.39 is 11.9 Å². The predicted molar refractivity (Wildman–Crippen MR) is 61.8 cm³/mol. The molecule has 0 aliphatic carbocycles. The molecule has 0 aliphatic rings. The van der Waals surface area contributed by atoms with E-state index in [1.54, 1.807) is 0 Å². The van der Waals surface area contributed by atoms with Crippen molar-refractivity contribution in [1.82, 2.24) is 0 Å². The molecule has 1 rings (SSSR count). The van der Waals surface area contributed by atoms with Crippen LogP contribution in [0, 0.1) is 0 Å². The summed E-state index contributed by atoms with van der Waals surface area (Å²) in [6, 6.07) is 9.44. The molecule has 90 valence electrons. The number of hydrogen-bond donors (Lipinski definition) is 0. The first kappa shape index (κ1) is 13.0. The highest BCUT2D eigenvalue weighted by atomic mass is 16.6. The van der Waals surface area contributed by atoms with E-state index in [9.17, 15) is 9.59 Å². The third kappa shape index (κ3) is 5.51. The molecule has 17 heavy (non-hydrogen) atoms. The lowest BCUT2D eigenvalue weighted by Gasteiger charge is -2.06. The van der Waals surface area contributed by atoms with Crippen LogP contribution >= 0.6 is 0 Å². The Morgan fingerprint density at radius 2 is 1.76 bits per heavy atom. The molecule has 4 heteroatoms. The fourth-order valence-electron chi connectivity index (χ4n) is 1.23. The van der Waals surface area contributed by atoms with Crippen LogP contribution in [0.2, 0.25) is 0 Å². The van der Waals surface area contributed by atoms with E-state index in [0.717, 1.165) is 11.8 Å². The summed E-state index contributed by atoms with van der Waals surface area (Å²) in [5, 5.41) is 0. The second-order valence-electron chi connectivity index (χ2n) is 3.45. The normalized spacial score (nSPS) is 10.8. The van der Waals surface area contributed by atoms with Gasteiger partial charge in [-0.1, -0.05) is 30.3 Å². The molecular formula is C13H14O4. The maximum Gasteiger partial charge on any atom is 0.307 e. The van der Waals surface area contributed by atoms with Gasteiger partial charge in [0.1, 0.15) is 12.0 Å². The van der Waals surface area contributed by atoms with Gasteiger partial charge in [-0.3, -0.25) is 9.59 Å². The molecule has 0 unspecified atom stereocenters. The highest BCUT2D eigenvalue weighted by molar-refractivity contribution is 5.68. The molecule has 1 aromatic rings. The van der Waals surface area contributed by atoms with Crippen molar-refractivity contribution in [3.63, 3.8) is 0 Å².